The molecule has 1 N–H and O–H groups in total. The van der Waals surface area contributed by atoms with E-state index >= 15 is 0 Å². The molecule has 3 heteroatoms. The van der Waals surface area contributed by atoms with Crippen molar-refractivity contribution in [2.24, 2.45) is 0 Å². The zero-order valence-electron chi connectivity index (χ0n) is 10.9. The molecule has 2 aromatic rings. The molecule has 0 bridgehead atoms. The van der Waals surface area contributed by atoms with Gasteiger partial charge in [0.25, 0.3) is 0 Å². The second kappa shape index (κ2) is 6.83. The number of rotatable bonds is 5. The van der Waals surface area contributed by atoms with Gasteiger partial charge < -0.3 is 5.32 Å². The first-order valence-corrected chi connectivity index (χ1v) is 7.13. The molecule has 2 rings (SSSR count). The van der Waals surface area contributed by atoms with E-state index in [1.165, 1.54) is 11.6 Å². The molecular weight excluding hydrogens is 305 g/mol. The predicted molar refractivity (Wildman–Crippen MR) is 80.9 cm³/mol. The summed E-state index contributed by atoms with van der Waals surface area (Å²) >= 11 is 3.57. The smallest absolute Gasteiger partial charge is 0.123 e. The minimum Gasteiger partial charge on any atom is -0.319 e. The average molecular weight is 322 g/mol. The standard InChI is InChI=1S/C16H17BrFN/c1-19-11-14(12-6-4-7-15(18)10-12)9-13-5-2-3-8-16(13)17/h2-8,10,14,19H,9,11H2,1H3. The molecule has 1 unspecified atom stereocenters. The fourth-order valence-electron chi connectivity index (χ4n) is 2.24. The van der Waals surface area contributed by atoms with Gasteiger partial charge in [0.05, 0.1) is 0 Å². The molecule has 0 aliphatic heterocycles. The summed E-state index contributed by atoms with van der Waals surface area (Å²) in [5.41, 5.74) is 2.28. The van der Waals surface area contributed by atoms with E-state index in [2.05, 4.69) is 27.3 Å². The molecule has 0 spiro atoms. The highest BCUT2D eigenvalue weighted by atomic mass is 79.9. The van der Waals surface area contributed by atoms with E-state index in [9.17, 15) is 4.39 Å². The van der Waals surface area contributed by atoms with Crippen molar-refractivity contribution in [3.8, 4) is 0 Å². The first-order chi connectivity index (χ1) is 9.20. The maximum atomic E-state index is 13.4. The van der Waals surface area contributed by atoms with Gasteiger partial charge in [-0.1, -0.05) is 46.3 Å². The van der Waals surface area contributed by atoms with E-state index in [1.807, 2.05) is 31.3 Å². The third kappa shape index (κ3) is 3.88. The zero-order chi connectivity index (χ0) is 13.7. The van der Waals surface area contributed by atoms with Gasteiger partial charge >= 0.3 is 0 Å². The van der Waals surface area contributed by atoms with Crippen LogP contribution in [0.5, 0.6) is 0 Å². The van der Waals surface area contributed by atoms with Gasteiger partial charge in [-0.15, -0.1) is 0 Å². The van der Waals surface area contributed by atoms with E-state index < -0.39 is 0 Å². The molecule has 19 heavy (non-hydrogen) atoms. The molecule has 0 saturated heterocycles. The Morgan fingerprint density at radius 1 is 1.16 bits per heavy atom. The Hall–Kier alpha value is -1.19. The Labute approximate surface area is 122 Å². The average Bonchev–Trinajstić information content (AvgIpc) is 2.40. The number of benzene rings is 2. The number of likely N-dealkylation sites (N-methyl/N-ethyl adjacent to an activating group) is 1. The fraction of sp³-hybridized carbons (Fsp3) is 0.250. The quantitative estimate of drug-likeness (QED) is 0.873. The van der Waals surface area contributed by atoms with Crippen LogP contribution in [0.1, 0.15) is 17.0 Å². The molecule has 0 aliphatic rings. The van der Waals surface area contributed by atoms with Crippen LogP contribution in [0.2, 0.25) is 0 Å². The van der Waals surface area contributed by atoms with Crippen LogP contribution in [-0.2, 0) is 6.42 Å². The molecule has 1 atom stereocenters. The molecule has 0 saturated carbocycles. The Bertz CT molecular complexity index is 542. The normalized spacial score (nSPS) is 12.4. The monoisotopic (exact) mass is 321 g/mol. The van der Waals surface area contributed by atoms with E-state index in [-0.39, 0.29) is 11.7 Å². The third-order valence-electron chi connectivity index (χ3n) is 3.19. The lowest BCUT2D eigenvalue weighted by Gasteiger charge is -2.18. The SMILES string of the molecule is CNCC(Cc1ccccc1Br)c1cccc(F)c1. The lowest BCUT2D eigenvalue weighted by molar-refractivity contribution is 0.600. The molecule has 0 radical (unpaired) electrons. The lowest BCUT2D eigenvalue weighted by atomic mass is 9.92. The van der Waals surface area contributed by atoms with Crippen LogP contribution < -0.4 is 5.32 Å². The van der Waals surface area contributed by atoms with Crippen molar-refractivity contribution < 1.29 is 4.39 Å². The van der Waals surface area contributed by atoms with Crippen molar-refractivity contribution in [2.75, 3.05) is 13.6 Å². The first-order valence-electron chi connectivity index (χ1n) is 6.34. The van der Waals surface area contributed by atoms with E-state index in [4.69, 9.17) is 0 Å². The zero-order valence-corrected chi connectivity index (χ0v) is 12.5. The number of nitrogens with one attached hydrogen (secondary N) is 1. The molecule has 0 heterocycles. The van der Waals surface area contributed by atoms with Crippen LogP contribution in [0.3, 0.4) is 0 Å². The Balaban J connectivity index is 2.24. The minimum absolute atomic E-state index is 0.175. The van der Waals surface area contributed by atoms with Crippen molar-refractivity contribution in [3.05, 3.63) is 69.9 Å². The maximum absolute atomic E-state index is 13.4. The van der Waals surface area contributed by atoms with Crippen LogP contribution >= 0.6 is 15.9 Å². The first kappa shape index (κ1) is 14.2. The van der Waals surface area contributed by atoms with Crippen molar-refractivity contribution in [3.63, 3.8) is 0 Å². The van der Waals surface area contributed by atoms with Crippen LogP contribution in [-0.4, -0.2) is 13.6 Å². The summed E-state index contributed by atoms with van der Waals surface area (Å²) in [5.74, 6) is 0.0881. The molecule has 1 nitrogen and oxygen atoms in total. The summed E-state index contributed by atoms with van der Waals surface area (Å²) in [5, 5.41) is 3.19. The van der Waals surface area contributed by atoms with Crippen molar-refractivity contribution in [1.82, 2.24) is 5.32 Å². The van der Waals surface area contributed by atoms with Gasteiger partial charge in [0.15, 0.2) is 0 Å². The Morgan fingerprint density at radius 3 is 2.63 bits per heavy atom. The molecule has 2 aromatic carbocycles. The highest BCUT2D eigenvalue weighted by molar-refractivity contribution is 9.10. The molecule has 0 aromatic heterocycles. The highest BCUT2D eigenvalue weighted by Gasteiger charge is 2.13. The summed E-state index contributed by atoms with van der Waals surface area (Å²) in [7, 11) is 1.92. The number of hydrogen-bond donors (Lipinski definition) is 1. The van der Waals surface area contributed by atoms with Crippen LogP contribution in [0, 0.1) is 5.82 Å². The predicted octanol–water partition coefficient (Wildman–Crippen LogP) is 4.13. The van der Waals surface area contributed by atoms with Gasteiger partial charge in [-0.2, -0.15) is 0 Å². The number of hydrogen-bond acceptors (Lipinski definition) is 1. The van der Waals surface area contributed by atoms with Gasteiger partial charge in [-0.25, -0.2) is 4.39 Å². The van der Waals surface area contributed by atoms with Gasteiger partial charge in [-0.05, 0) is 42.8 Å². The van der Waals surface area contributed by atoms with Crippen LogP contribution in [0.25, 0.3) is 0 Å². The van der Waals surface area contributed by atoms with E-state index in [0.717, 1.165) is 23.0 Å². The summed E-state index contributed by atoms with van der Waals surface area (Å²) in [6.45, 7) is 0.824. The van der Waals surface area contributed by atoms with E-state index in [1.54, 1.807) is 12.1 Å². The molecule has 0 fully saturated rings. The van der Waals surface area contributed by atoms with Crippen molar-refractivity contribution in [1.29, 1.82) is 0 Å². The topological polar surface area (TPSA) is 12.0 Å². The second-order valence-electron chi connectivity index (χ2n) is 4.61. The van der Waals surface area contributed by atoms with Gasteiger partial charge in [0, 0.05) is 16.9 Å². The Kier molecular flexibility index (Phi) is 5.11. The van der Waals surface area contributed by atoms with Gasteiger partial charge in [0.1, 0.15) is 5.82 Å². The fourth-order valence-corrected chi connectivity index (χ4v) is 2.69. The van der Waals surface area contributed by atoms with Crippen LogP contribution in [0.15, 0.2) is 53.0 Å². The van der Waals surface area contributed by atoms with E-state index in [0.29, 0.717) is 0 Å². The van der Waals surface area contributed by atoms with Gasteiger partial charge in [0.2, 0.25) is 0 Å². The van der Waals surface area contributed by atoms with Gasteiger partial charge in [-0.3, -0.25) is 0 Å². The highest BCUT2D eigenvalue weighted by Crippen LogP contribution is 2.25. The molecule has 0 aliphatic carbocycles. The lowest BCUT2D eigenvalue weighted by Crippen LogP contribution is -2.19. The largest absolute Gasteiger partial charge is 0.319 e. The summed E-state index contributed by atoms with van der Waals surface area (Å²) in [6, 6.07) is 15.0. The molecule has 100 valence electrons. The third-order valence-corrected chi connectivity index (χ3v) is 3.97. The van der Waals surface area contributed by atoms with Crippen molar-refractivity contribution >= 4 is 15.9 Å². The Morgan fingerprint density at radius 2 is 1.95 bits per heavy atom. The molecular formula is C16H17BrFN. The van der Waals surface area contributed by atoms with Crippen molar-refractivity contribution in [2.45, 2.75) is 12.3 Å². The molecule has 0 amide bonds. The number of halogens is 2. The maximum Gasteiger partial charge on any atom is 0.123 e. The minimum atomic E-state index is -0.175. The summed E-state index contributed by atoms with van der Waals surface area (Å²) < 4.78 is 14.5. The second-order valence-corrected chi connectivity index (χ2v) is 5.46. The van der Waals surface area contributed by atoms with Crippen LogP contribution in [0.4, 0.5) is 4.39 Å². The summed E-state index contributed by atoms with van der Waals surface area (Å²) in [6.07, 6.45) is 0.881. The summed E-state index contributed by atoms with van der Waals surface area (Å²) in [4.78, 5) is 0.